The maximum absolute atomic E-state index is 2.55. The first-order valence-corrected chi connectivity index (χ1v) is 21.9. The van der Waals surface area contributed by atoms with Crippen molar-refractivity contribution >= 4 is 38.6 Å². The molecule has 10 aromatic rings. The Kier molecular flexibility index (Phi) is 8.08. The molecular weight excluding hydrogens is 747 g/mol. The van der Waals surface area contributed by atoms with Gasteiger partial charge in [-0.1, -0.05) is 208 Å². The van der Waals surface area contributed by atoms with E-state index in [1.807, 2.05) is 0 Å². The molecule has 62 heavy (non-hydrogen) atoms. The number of para-hydroxylation sites is 2. The molecule has 1 unspecified atom stereocenters. The van der Waals surface area contributed by atoms with Crippen molar-refractivity contribution in [3.63, 3.8) is 0 Å². The van der Waals surface area contributed by atoms with E-state index in [9.17, 15) is 0 Å². The highest BCUT2D eigenvalue weighted by Crippen LogP contribution is 2.57. The first kappa shape index (κ1) is 36.4. The summed E-state index contributed by atoms with van der Waals surface area (Å²) in [5.74, 6) is 0. The van der Waals surface area contributed by atoms with Gasteiger partial charge >= 0.3 is 0 Å². The lowest BCUT2D eigenvalue weighted by atomic mass is 9.74. The molecular formula is C61H45N. The lowest BCUT2D eigenvalue weighted by molar-refractivity contribution is 0.662. The number of fused-ring (bicyclic) bond motifs is 9. The van der Waals surface area contributed by atoms with Crippen molar-refractivity contribution in [2.45, 2.75) is 31.6 Å². The number of hydrogen-bond donors (Lipinski definition) is 0. The van der Waals surface area contributed by atoms with Crippen molar-refractivity contribution in [2.24, 2.45) is 0 Å². The van der Waals surface area contributed by atoms with Gasteiger partial charge in [0.1, 0.15) is 0 Å². The molecule has 0 amide bonds. The fourth-order valence-corrected chi connectivity index (χ4v) is 11.2. The molecule has 2 aliphatic rings. The Morgan fingerprint density at radius 2 is 0.839 bits per heavy atom. The predicted molar refractivity (Wildman–Crippen MR) is 262 cm³/mol. The lowest BCUT2D eigenvalue weighted by Gasteiger charge is -2.33. The van der Waals surface area contributed by atoms with Crippen LogP contribution in [-0.2, 0) is 10.8 Å². The lowest BCUT2D eigenvalue weighted by Crippen LogP contribution is -2.23. The molecule has 0 fully saturated rings. The van der Waals surface area contributed by atoms with Gasteiger partial charge in [0.15, 0.2) is 0 Å². The van der Waals surface area contributed by atoms with Gasteiger partial charge < -0.3 is 4.90 Å². The fourth-order valence-electron chi connectivity index (χ4n) is 11.2. The Bertz CT molecular complexity index is 3410. The predicted octanol–water partition coefficient (Wildman–Crippen LogP) is 16.4. The molecule has 12 rings (SSSR count). The second-order valence-electron chi connectivity index (χ2n) is 17.7. The highest BCUT2D eigenvalue weighted by Gasteiger charge is 2.42. The third-order valence-electron chi connectivity index (χ3n) is 14.1. The molecule has 0 radical (unpaired) electrons. The summed E-state index contributed by atoms with van der Waals surface area (Å²) in [5, 5.41) is 5.03. The Labute approximate surface area is 364 Å². The average molecular weight is 792 g/mol. The van der Waals surface area contributed by atoms with Gasteiger partial charge in [-0.15, -0.1) is 0 Å². The van der Waals surface area contributed by atoms with E-state index in [-0.39, 0.29) is 10.8 Å². The van der Waals surface area contributed by atoms with Crippen molar-refractivity contribution in [3.05, 3.63) is 246 Å². The number of rotatable bonds is 6. The van der Waals surface area contributed by atoms with E-state index in [1.54, 1.807) is 0 Å². The van der Waals surface area contributed by atoms with Crippen LogP contribution >= 0.6 is 0 Å². The zero-order valence-electron chi connectivity index (χ0n) is 35.2. The normalized spacial score (nSPS) is 15.5. The van der Waals surface area contributed by atoms with Gasteiger partial charge in [-0.2, -0.15) is 0 Å². The number of anilines is 3. The van der Waals surface area contributed by atoms with E-state index in [4.69, 9.17) is 0 Å². The van der Waals surface area contributed by atoms with Crippen LogP contribution in [0.3, 0.4) is 0 Å². The van der Waals surface area contributed by atoms with Crippen molar-refractivity contribution in [3.8, 4) is 44.5 Å². The molecule has 0 saturated carbocycles. The minimum atomic E-state index is -0.347. The van der Waals surface area contributed by atoms with Crippen LogP contribution in [0.4, 0.5) is 17.1 Å². The van der Waals surface area contributed by atoms with Crippen LogP contribution in [0.1, 0.15) is 48.6 Å². The van der Waals surface area contributed by atoms with E-state index < -0.39 is 0 Å². The van der Waals surface area contributed by atoms with Gasteiger partial charge in [0, 0.05) is 27.6 Å². The van der Waals surface area contributed by atoms with Gasteiger partial charge in [0.2, 0.25) is 0 Å². The number of hydrogen-bond acceptors (Lipinski definition) is 1. The third kappa shape index (κ3) is 5.21. The molecule has 0 aliphatic heterocycles. The smallest absolute Gasteiger partial charge is 0.0540 e. The molecule has 1 atom stereocenters. The molecule has 294 valence electrons. The summed E-state index contributed by atoms with van der Waals surface area (Å²) < 4.78 is 0. The zero-order chi connectivity index (χ0) is 41.6. The van der Waals surface area contributed by atoms with Crippen LogP contribution in [0, 0.1) is 0 Å². The van der Waals surface area contributed by atoms with Crippen LogP contribution in [0.25, 0.3) is 66.1 Å². The van der Waals surface area contributed by atoms with Crippen molar-refractivity contribution in [2.75, 3.05) is 4.90 Å². The molecule has 0 bridgehead atoms. The Morgan fingerprint density at radius 1 is 0.323 bits per heavy atom. The largest absolute Gasteiger partial charge is 0.309 e. The van der Waals surface area contributed by atoms with Crippen LogP contribution in [0.5, 0.6) is 0 Å². The van der Waals surface area contributed by atoms with Gasteiger partial charge in [-0.05, 0) is 114 Å². The molecule has 0 aromatic heterocycles. The quantitative estimate of drug-likeness (QED) is 0.152. The molecule has 0 saturated heterocycles. The highest BCUT2D eigenvalue weighted by molar-refractivity contribution is 6.13. The summed E-state index contributed by atoms with van der Waals surface area (Å²) in [7, 11) is 0. The molecule has 0 spiro atoms. The van der Waals surface area contributed by atoms with Crippen molar-refractivity contribution in [1.82, 2.24) is 0 Å². The van der Waals surface area contributed by atoms with E-state index in [1.165, 1.54) is 93.9 Å². The number of benzene rings is 10. The zero-order valence-corrected chi connectivity index (χ0v) is 35.2. The summed E-state index contributed by atoms with van der Waals surface area (Å²) in [6.45, 7) is 7.20. The molecule has 2 aliphatic carbocycles. The Morgan fingerprint density at radius 3 is 1.60 bits per heavy atom. The first-order chi connectivity index (χ1) is 30.4. The van der Waals surface area contributed by atoms with Crippen LogP contribution in [0.15, 0.2) is 218 Å². The first-order valence-electron chi connectivity index (χ1n) is 21.9. The molecule has 0 N–H and O–H groups in total. The highest BCUT2D eigenvalue weighted by atomic mass is 15.1. The minimum absolute atomic E-state index is 0.180. The Balaban J connectivity index is 1.14. The molecule has 10 aromatic carbocycles. The summed E-state index contributed by atoms with van der Waals surface area (Å²) in [4.78, 5) is 2.55. The maximum atomic E-state index is 2.55. The summed E-state index contributed by atoms with van der Waals surface area (Å²) in [6, 6.07) is 81.4. The van der Waals surface area contributed by atoms with Gasteiger partial charge in [0.05, 0.1) is 11.4 Å². The van der Waals surface area contributed by atoms with E-state index in [0.29, 0.717) is 0 Å². The van der Waals surface area contributed by atoms with Gasteiger partial charge in [-0.25, -0.2) is 0 Å². The van der Waals surface area contributed by atoms with Crippen LogP contribution in [0.2, 0.25) is 0 Å². The standard InChI is InChI=1S/C61H45N/c1-60(2)54-31-13-9-24-48(54)52-29-18-30-53(59(52)60)51-26-12-16-34-58(51)62(42-36-38-49-47-23-10-14-32-55(47)61(3,56(49)39-42)41-20-5-4-6-21-41)57-33-15-11-25-50(57)45-28-17-27-44-43-22-8-7-19-40(43)35-37-46(44)45/h4-39H,1-3H3. The van der Waals surface area contributed by atoms with E-state index in [2.05, 4.69) is 244 Å². The second-order valence-corrected chi connectivity index (χ2v) is 17.7. The monoisotopic (exact) mass is 791 g/mol. The van der Waals surface area contributed by atoms with Crippen molar-refractivity contribution in [1.29, 1.82) is 0 Å². The third-order valence-corrected chi connectivity index (χ3v) is 14.1. The van der Waals surface area contributed by atoms with E-state index in [0.717, 1.165) is 17.1 Å². The molecule has 0 heterocycles. The maximum Gasteiger partial charge on any atom is 0.0540 e. The van der Waals surface area contributed by atoms with Crippen LogP contribution in [-0.4, -0.2) is 0 Å². The summed E-state index contributed by atoms with van der Waals surface area (Å²) in [5.41, 5.74) is 19.7. The fraction of sp³-hybridized carbons (Fsp3) is 0.0820. The van der Waals surface area contributed by atoms with Crippen LogP contribution < -0.4 is 4.90 Å². The SMILES string of the molecule is CC1(C)c2ccccc2-c2cccc(-c3ccccc3N(c3ccc4c(c3)C(C)(c3ccccc3)c3ccccc3-4)c3ccccc3-c3cccc4c3ccc3ccccc34)c21. The van der Waals surface area contributed by atoms with E-state index >= 15 is 0 Å². The summed E-state index contributed by atoms with van der Waals surface area (Å²) in [6.07, 6.45) is 0. The second kappa shape index (κ2) is 13.8. The molecule has 1 heteroatoms. The minimum Gasteiger partial charge on any atom is -0.309 e. The molecule has 1 nitrogen and oxygen atoms in total. The van der Waals surface area contributed by atoms with Gasteiger partial charge in [-0.3, -0.25) is 0 Å². The number of nitrogens with zero attached hydrogens (tertiary/aromatic N) is 1. The topological polar surface area (TPSA) is 3.24 Å². The summed E-state index contributed by atoms with van der Waals surface area (Å²) >= 11 is 0. The van der Waals surface area contributed by atoms with Gasteiger partial charge in [0.25, 0.3) is 0 Å². The van der Waals surface area contributed by atoms with Crippen molar-refractivity contribution < 1.29 is 0 Å². The Hall–Kier alpha value is -7.48. The average Bonchev–Trinajstić information content (AvgIpc) is 3.73.